The zero-order valence-electron chi connectivity index (χ0n) is 19.3. The van der Waals surface area contributed by atoms with Crippen molar-refractivity contribution >= 4 is 26.3 Å². The van der Waals surface area contributed by atoms with Crippen molar-refractivity contribution in [2.45, 2.75) is 57.1 Å². The molecule has 1 saturated heterocycles. The fourth-order valence-corrected chi connectivity index (χ4v) is 7.73. The van der Waals surface area contributed by atoms with Gasteiger partial charge in [0.25, 0.3) is 0 Å². The van der Waals surface area contributed by atoms with Gasteiger partial charge in [-0.2, -0.15) is 0 Å². The van der Waals surface area contributed by atoms with E-state index < -0.39 is 26.7 Å². The van der Waals surface area contributed by atoms with E-state index in [1.54, 1.807) is 6.07 Å². The molecule has 0 radical (unpaired) electrons. The topological polar surface area (TPSA) is 50.3 Å². The van der Waals surface area contributed by atoms with Crippen LogP contribution in [0.15, 0.2) is 34.5 Å². The number of benzene rings is 2. The van der Waals surface area contributed by atoms with E-state index in [0.717, 1.165) is 39.1 Å². The summed E-state index contributed by atoms with van der Waals surface area (Å²) in [5.41, 5.74) is 5.16. The van der Waals surface area contributed by atoms with Crippen LogP contribution >= 0.6 is 11.3 Å². The molecular weight excluding hydrogens is 462 g/mol. The van der Waals surface area contributed by atoms with Crippen LogP contribution < -0.4 is 4.90 Å². The standard InChI is InChI=1S/C25H28F2N2O2S2/c1-15-11-16(2)18(4)24(17(15)3)33(30,31)21-7-9-29(10-8-21)25-28-20(14-32-25)12-19-5-6-22(26)23(27)13-19/h5-6,11,13-14,21H,7-10,12H2,1-4H3. The van der Waals surface area contributed by atoms with Gasteiger partial charge in [0.05, 0.1) is 15.8 Å². The van der Waals surface area contributed by atoms with Crippen molar-refractivity contribution in [2.24, 2.45) is 0 Å². The van der Waals surface area contributed by atoms with Crippen LogP contribution in [0.1, 0.15) is 46.4 Å². The second kappa shape index (κ2) is 9.14. The van der Waals surface area contributed by atoms with Gasteiger partial charge in [-0.1, -0.05) is 12.1 Å². The maximum absolute atomic E-state index is 13.5. The number of halogens is 2. The van der Waals surface area contributed by atoms with Crippen molar-refractivity contribution < 1.29 is 17.2 Å². The highest BCUT2D eigenvalue weighted by atomic mass is 32.2. The van der Waals surface area contributed by atoms with E-state index in [9.17, 15) is 17.2 Å². The number of hydrogen-bond acceptors (Lipinski definition) is 5. The van der Waals surface area contributed by atoms with Gasteiger partial charge in [0.1, 0.15) is 0 Å². The summed E-state index contributed by atoms with van der Waals surface area (Å²) in [7, 11) is -3.43. The van der Waals surface area contributed by atoms with E-state index in [2.05, 4.69) is 9.88 Å². The van der Waals surface area contributed by atoms with Crippen molar-refractivity contribution in [1.82, 2.24) is 4.98 Å². The monoisotopic (exact) mass is 490 g/mol. The molecular formula is C25H28F2N2O2S2. The van der Waals surface area contributed by atoms with Crippen LogP contribution in [0.5, 0.6) is 0 Å². The summed E-state index contributed by atoms with van der Waals surface area (Å²) in [5.74, 6) is -1.72. The first kappa shape index (κ1) is 23.8. The predicted octanol–water partition coefficient (Wildman–Crippen LogP) is 5.69. The average Bonchev–Trinajstić information content (AvgIpc) is 3.23. The molecule has 1 aliphatic rings. The second-order valence-corrected chi connectivity index (χ2v) is 11.9. The summed E-state index contributed by atoms with van der Waals surface area (Å²) in [6, 6.07) is 5.93. The normalized spacial score (nSPS) is 15.3. The van der Waals surface area contributed by atoms with Crippen molar-refractivity contribution in [3.8, 4) is 0 Å². The molecule has 1 fully saturated rings. The minimum atomic E-state index is -3.43. The molecule has 4 nitrogen and oxygen atoms in total. The first-order chi connectivity index (χ1) is 15.6. The highest BCUT2D eigenvalue weighted by Crippen LogP contribution is 2.34. The van der Waals surface area contributed by atoms with Gasteiger partial charge < -0.3 is 4.90 Å². The SMILES string of the molecule is Cc1cc(C)c(C)c(S(=O)(=O)C2CCN(c3nc(Cc4ccc(F)c(F)c4)cs3)CC2)c1C. The van der Waals surface area contributed by atoms with Gasteiger partial charge in [-0.3, -0.25) is 0 Å². The molecule has 0 amide bonds. The summed E-state index contributed by atoms with van der Waals surface area (Å²) in [6.45, 7) is 8.95. The van der Waals surface area contributed by atoms with Crippen molar-refractivity contribution in [3.05, 3.63) is 74.8 Å². The Balaban J connectivity index is 1.46. The van der Waals surface area contributed by atoms with Crippen LogP contribution in [0.4, 0.5) is 13.9 Å². The molecule has 4 rings (SSSR count). The van der Waals surface area contributed by atoms with Gasteiger partial charge in [0.15, 0.2) is 26.6 Å². The molecule has 176 valence electrons. The number of anilines is 1. The summed E-state index contributed by atoms with van der Waals surface area (Å²) >= 11 is 1.49. The first-order valence-electron chi connectivity index (χ1n) is 11.0. The van der Waals surface area contributed by atoms with Crippen LogP contribution in [0, 0.1) is 39.3 Å². The fourth-order valence-electron chi connectivity index (χ4n) is 4.51. The van der Waals surface area contributed by atoms with Gasteiger partial charge in [-0.05, 0) is 80.5 Å². The zero-order valence-corrected chi connectivity index (χ0v) is 20.9. The minimum absolute atomic E-state index is 0.408. The summed E-state index contributed by atoms with van der Waals surface area (Å²) in [4.78, 5) is 7.28. The molecule has 8 heteroatoms. The lowest BCUT2D eigenvalue weighted by Crippen LogP contribution is -2.39. The predicted molar refractivity (Wildman–Crippen MR) is 129 cm³/mol. The minimum Gasteiger partial charge on any atom is -0.348 e. The van der Waals surface area contributed by atoms with Crippen LogP contribution in [0.3, 0.4) is 0 Å². The fraction of sp³-hybridized carbons (Fsp3) is 0.400. The molecule has 0 unspecified atom stereocenters. The van der Waals surface area contributed by atoms with E-state index in [0.29, 0.717) is 42.8 Å². The highest BCUT2D eigenvalue weighted by molar-refractivity contribution is 7.92. The third-order valence-electron chi connectivity index (χ3n) is 6.64. The molecule has 1 aliphatic heterocycles. The molecule has 0 aliphatic carbocycles. The number of nitrogens with zero attached hydrogens (tertiary/aromatic N) is 2. The molecule has 0 bridgehead atoms. The molecule has 0 N–H and O–H groups in total. The summed E-state index contributed by atoms with van der Waals surface area (Å²) in [5, 5.41) is 2.35. The molecule has 0 spiro atoms. The molecule has 3 aromatic rings. The van der Waals surface area contributed by atoms with Gasteiger partial charge in [-0.25, -0.2) is 22.2 Å². The van der Waals surface area contributed by atoms with Gasteiger partial charge >= 0.3 is 0 Å². The van der Waals surface area contributed by atoms with Crippen LogP contribution in [0.25, 0.3) is 0 Å². The lowest BCUT2D eigenvalue weighted by atomic mass is 10.0. The van der Waals surface area contributed by atoms with E-state index >= 15 is 0 Å². The average molecular weight is 491 g/mol. The Bertz CT molecular complexity index is 1270. The lowest BCUT2D eigenvalue weighted by molar-refractivity contribution is 0.507. The van der Waals surface area contributed by atoms with Crippen molar-refractivity contribution in [1.29, 1.82) is 0 Å². The Labute approximate surface area is 198 Å². The highest BCUT2D eigenvalue weighted by Gasteiger charge is 2.34. The van der Waals surface area contributed by atoms with Gasteiger partial charge in [0, 0.05) is 24.9 Å². The zero-order chi connectivity index (χ0) is 23.9. The Hall–Kier alpha value is -2.32. The Morgan fingerprint density at radius 2 is 1.64 bits per heavy atom. The van der Waals surface area contributed by atoms with Crippen LogP contribution in [-0.4, -0.2) is 31.7 Å². The van der Waals surface area contributed by atoms with E-state index in [1.165, 1.54) is 17.4 Å². The Morgan fingerprint density at radius 1 is 1.00 bits per heavy atom. The number of sulfone groups is 1. The smallest absolute Gasteiger partial charge is 0.185 e. The third kappa shape index (κ3) is 4.68. The molecule has 0 saturated carbocycles. The van der Waals surface area contributed by atoms with Gasteiger partial charge in [0.2, 0.25) is 0 Å². The molecule has 1 aromatic heterocycles. The Morgan fingerprint density at radius 3 is 2.24 bits per heavy atom. The van der Waals surface area contributed by atoms with Gasteiger partial charge in [-0.15, -0.1) is 11.3 Å². The van der Waals surface area contributed by atoms with E-state index in [-0.39, 0.29) is 0 Å². The van der Waals surface area contributed by atoms with E-state index in [1.807, 2.05) is 39.1 Å². The summed E-state index contributed by atoms with van der Waals surface area (Å²) < 4.78 is 53.7. The van der Waals surface area contributed by atoms with Crippen LogP contribution in [-0.2, 0) is 16.3 Å². The maximum Gasteiger partial charge on any atom is 0.185 e. The van der Waals surface area contributed by atoms with Crippen molar-refractivity contribution in [3.63, 3.8) is 0 Å². The number of rotatable bonds is 5. The number of piperidine rings is 1. The number of hydrogen-bond donors (Lipinski definition) is 0. The van der Waals surface area contributed by atoms with E-state index in [4.69, 9.17) is 0 Å². The molecule has 2 heterocycles. The molecule has 2 aromatic carbocycles. The molecule has 33 heavy (non-hydrogen) atoms. The maximum atomic E-state index is 13.5. The number of aryl methyl sites for hydroxylation is 2. The summed E-state index contributed by atoms with van der Waals surface area (Å²) in [6.07, 6.45) is 1.52. The third-order valence-corrected chi connectivity index (χ3v) is 10.1. The quantitative estimate of drug-likeness (QED) is 0.461. The van der Waals surface area contributed by atoms with Crippen molar-refractivity contribution in [2.75, 3.05) is 18.0 Å². The number of thiazole rings is 1. The Kier molecular flexibility index (Phi) is 6.60. The van der Waals surface area contributed by atoms with Crippen LogP contribution in [0.2, 0.25) is 0 Å². The second-order valence-electron chi connectivity index (χ2n) is 8.87. The largest absolute Gasteiger partial charge is 0.348 e. The number of aromatic nitrogens is 1. The lowest BCUT2D eigenvalue weighted by Gasteiger charge is -2.32. The first-order valence-corrected chi connectivity index (χ1v) is 13.4. The molecule has 0 atom stereocenters.